The second kappa shape index (κ2) is 5.96. The van der Waals surface area contributed by atoms with Crippen LogP contribution in [0.5, 0.6) is 0 Å². The Morgan fingerprint density at radius 2 is 1.14 bits per heavy atom. The summed E-state index contributed by atoms with van der Waals surface area (Å²) < 4.78 is 5.17. The van der Waals surface area contributed by atoms with Crippen molar-refractivity contribution in [3.05, 3.63) is 78.9 Å². The van der Waals surface area contributed by atoms with Gasteiger partial charge in [-0.25, -0.2) is 0 Å². The molecule has 2 aromatic heterocycles. The molecular weight excluding hydrogens is 380 g/mol. The lowest BCUT2D eigenvalue weighted by Gasteiger charge is -2.07. The molecule has 0 aliphatic carbocycles. The highest BCUT2D eigenvalue weighted by Crippen LogP contribution is 2.38. The second-order valence-corrected chi connectivity index (χ2v) is 9.17. The van der Waals surface area contributed by atoms with E-state index in [-0.39, 0.29) is 0 Å². The highest BCUT2D eigenvalue weighted by atomic mass is 32.1. The van der Waals surface area contributed by atoms with Gasteiger partial charge in [-0.1, -0.05) is 24.3 Å². The summed E-state index contributed by atoms with van der Waals surface area (Å²) >= 11 is 3.63. The standard InChI is InChI=1S/C24H16N2S2/c25-14-5-8-18-20-13-16(7-10-23(20)28-24(18)11-14)26-15-6-9-22-19(12-15)17-3-1-2-4-21(17)27-22/h1-13,26H,25H2. The molecule has 0 fully saturated rings. The lowest BCUT2D eigenvalue weighted by Crippen LogP contribution is -1.89. The number of hydrogen-bond acceptors (Lipinski definition) is 4. The molecule has 3 N–H and O–H groups in total. The van der Waals surface area contributed by atoms with Crippen molar-refractivity contribution < 1.29 is 0 Å². The molecule has 0 unspecified atom stereocenters. The summed E-state index contributed by atoms with van der Waals surface area (Å²) in [7, 11) is 0. The van der Waals surface area contributed by atoms with Gasteiger partial charge in [0.2, 0.25) is 0 Å². The summed E-state index contributed by atoms with van der Waals surface area (Å²) in [4.78, 5) is 0. The van der Waals surface area contributed by atoms with E-state index in [1.165, 1.54) is 40.3 Å². The van der Waals surface area contributed by atoms with Crippen molar-refractivity contribution in [2.75, 3.05) is 11.1 Å². The number of anilines is 3. The molecule has 0 atom stereocenters. The third kappa shape index (κ3) is 2.46. The Bertz CT molecular complexity index is 1510. The lowest BCUT2D eigenvalue weighted by atomic mass is 10.1. The van der Waals surface area contributed by atoms with Gasteiger partial charge >= 0.3 is 0 Å². The van der Waals surface area contributed by atoms with Gasteiger partial charge in [-0.3, -0.25) is 0 Å². The molecule has 6 aromatic rings. The Kier molecular flexibility index (Phi) is 3.39. The molecule has 0 amide bonds. The SMILES string of the molecule is Nc1ccc2c(c1)sc1ccc(Nc3ccc4sc5ccccc5c4c3)cc12. The maximum absolute atomic E-state index is 5.95. The van der Waals surface area contributed by atoms with Gasteiger partial charge < -0.3 is 11.1 Å². The lowest BCUT2D eigenvalue weighted by molar-refractivity contribution is 1.61. The van der Waals surface area contributed by atoms with Crippen molar-refractivity contribution >= 4 is 80.1 Å². The van der Waals surface area contributed by atoms with E-state index < -0.39 is 0 Å². The van der Waals surface area contributed by atoms with Crippen LogP contribution in [0.1, 0.15) is 0 Å². The number of nitrogens with two attached hydrogens (primary N) is 1. The summed E-state index contributed by atoms with van der Waals surface area (Å²) in [5, 5.41) is 8.76. The zero-order valence-corrected chi connectivity index (χ0v) is 16.5. The molecule has 0 aliphatic rings. The molecule has 0 bridgehead atoms. The van der Waals surface area contributed by atoms with E-state index in [0.717, 1.165) is 17.1 Å². The van der Waals surface area contributed by atoms with Gasteiger partial charge in [0.1, 0.15) is 0 Å². The fourth-order valence-corrected chi connectivity index (χ4v) is 6.06. The largest absolute Gasteiger partial charge is 0.399 e. The average molecular weight is 397 g/mol. The quantitative estimate of drug-likeness (QED) is 0.294. The molecule has 2 heterocycles. The molecule has 0 saturated carbocycles. The topological polar surface area (TPSA) is 38.0 Å². The highest BCUT2D eigenvalue weighted by Gasteiger charge is 2.08. The number of hydrogen-bond donors (Lipinski definition) is 2. The zero-order valence-electron chi connectivity index (χ0n) is 14.9. The van der Waals surface area contributed by atoms with E-state index in [4.69, 9.17) is 5.73 Å². The first-order valence-electron chi connectivity index (χ1n) is 9.15. The van der Waals surface area contributed by atoms with Crippen LogP contribution < -0.4 is 11.1 Å². The molecule has 6 rings (SSSR count). The van der Waals surface area contributed by atoms with Crippen LogP contribution in [0.4, 0.5) is 17.1 Å². The summed E-state index contributed by atoms with van der Waals surface area (Å²) in [5.41, 5.74) is 8.97. The van der Waals surface area contributed by atoms with Crippen molar-refractivity contribution in [3.8, 4) is 0 Å². The fraction of sp³-hybridized carbons (Fsp3) is 0. The Labute approximate surface area is 169 Å². The van der Waals surface area contributed by atoms with E-state index >= 15 is 0 Å². The molecule has 134 valence electrons. The average Bonchev–Trinajstić information content (AvgIpc) is 3.25. The molecule has 2 nitrogen and oxygen atoms in total. The number of nitrogens with one attached hydrogen (secondary N) is 1. The Balaban J connectivity index is 1.45. The molecule has 28 heavy (non-hydrogen) atoms. The van der Waals surface area contributed by atoms with Gasteiger partial charge in [0.25, 0.3) is 0 Å². The Morgan fingerprint density at radius 1 is 0.536 bits per heavy atom. The highest BCUT2D eigenvalue weighted by molar-refractivity contribution is 7.26. The smallest absolute Gasteiger partial charge is 0.0391 e. The minimum atomic E-state index is 0.814. The van der Waals surface area contributed by atoms with Crippen molar-refractivity contribution in [2.24, 2.45) is 0 Å². The van der Waals surface area contributed by atoms with Crippen LogP contribution in [0.3, 0.4) is 0 Å². The van der Waals surface area contributed by atoms with E-state index in [1.54, 1.807) is 11.3 Å². The number of rotatable bonds is 2. The fourth-order valence-electron chi connectivity index (χ4n) is 3.84. The Hall–Kier alpha value is -3.08. The predicted molar refractivity (Wildman–Crippen MR) is 126 cm³/mol. The van der Waals surface area contributed by atoms with Crippen LogP contribution in [0.2, 0.25) is 0 Å². The minimum Gasteiger partial charge on any atom is -0.399 e. The van der Waals surface area contributed by atoms with Crippen LogP contribution in [0, 0.1) is 0 Å². The summed E-state index contributed by atoms with van der Waals surface area (Å²) in [6, 6.07) is 28.0. The van der Waals surface area contributed by atoms with Crippen molar-refractivity contribution in [1.29, 1.82) is 0 Å². The van der Waals surface area contributed by atoms with Crippen LogP contribution in [0.15, 0.2) is 78.9 Å². The maximum atomic E-state index is 5.95. The van der Waals surface area contributed by atoms with Crippen LogP contribution >= 0.6 is 22.7 Å². The van der Waals surface area contributed by atoms with E-state index in [1.807, 2.05) is 17.4 Å². The van der Waals surface area contributed by atoms with Gasteiger partial charge in [-0.2, -0.15) is 0 Å². The van der Waals surface area contributed by atoms with E-state index in [9.17, 15) is 0 Å². The zero-order chi connectivity index (χ0) is 18.7. The first kappa shape index (κ1) is 15.9. The van der Waals surface area contributed by atoms with Gasteiger partial charge in [-0.05, 0) is 54.6 Å². The van der Waals surface area contributed by atoms with Crippen LogP contribution in [-0.4, -0.2) is 0 Å². The number of fused-ring (bicyclic) bond motifs is 6. The first-order valence-corrected chi connectivity index (χ1v) is 10.8. The minimum absolute atomic E-state index is 0.814. The predicted octanol–water partition coefficient (Wildman–Crippen LogP) is 7.75. The summed E-state index contributed by atoms with van der Waals surface area (Å²) in [6.45, 7) is 0. The molecule has 4 aromatic carbocycles. The normalized spacial score (nSPS) is 11.7. The van der Waals surface area contributed by atoms with Gasteiger partial charge in [0, 0.05) is 57.4 Å². The van der Waals surface area contributed by atoms with Gasteiger partial charge in [0.15, 0.2) is 0 Å². The van der Waals surface area contributed by atoms with Crippen molar-refractivity contribution in [2.45, 2.75) is 0 Å². The molecule has 0 aliphatic heterocycles. The summed E-state index contributed by atoms with van der Waals surface area (Å²) in [6.07, 6.45) is 0. The van der Waals surface area contributed by atoms with Gasteiger partial charge in [0.05, 0.1) is 0 Å². The monoisotopic (exact) mass is 396 g/mol. The molecule has 4 heteroatoms. The second-order valence-electron chi connectivity index (χ2n) is 7.00. The molecule has 0 spiro atoms. The molecular formula is C24H16N2S2. The van der Waals surface area contributed by atoms with Crippen LogP contribution in [0.25, 0.3) is 40.3 Å². The van der Waals surface area contributed by atoms with Crippen molar-refractivity contribution in [1.82, 2.24) is 0 Å². The number of nitrogen functional groups attached to an aromatic ring is 1. The van der Waals surface area contributed by atoms with E-state index in [0.29, 0.717) is 0 Å². The maximum Gasteiger partial charge on any atom is 0.0391 e. The van der Waals surface area contributed by atoms with E-state index in [2.05, 4.69) is 78.1 Å². The number of benzene rings is 4. The molecule has 0 saturated heterocycles. The summed E-state index contributed by atoms with van der Waals surface area (Å²) in [5.74, 6) is 0. The Morgan fingerprint density at radius 3 is 1.89 bits per heavy atom. The first-order chi connectivity index (χ1) is 13.7. The van der Waals surface area contributed by atoms with Gasteiger partial charge in [-0.15, -0.1) is 22.7 Å². The van der Waals surface area contributed by atoms with Crippen LogP contribution in [-0.2, 0) is 0 Å². The van der Waals surface area contributed by atoms with Crippen molar-refractivity contribution in [3.63, 3.8) is 0 Å². The third-order valence-electron chi connectivity index (χ3n) is 5.16. The number of thiophene rings is 2. The molecule has 0 radical (unpaired) electrons. The third-order valence-corrected chi connectivity index (χ3v) is 7.45.